The highest BCUT2D eigenvalue weighted by Gasteiger charge is 2.30. The minimum absolute atomic E-state index is 0.0575. The van der Waals surface area contributed by atoms with E-state index in [1.54, 1.807) is 50.5 Å². The van der Waals surface area contributed by atoms with Crippen LogP contribution in [-0.4, -0.2) is 67.5 Å². The maximum Gasteiger partial charge on any atom is 0.255 e. The van der Waals surface area contributed by atoms with Gasteiger partial charge in [-0.1, -0.05) is 12.0 Å². The van der Waals surface area contributed by atoms with Crippen molar-refractivity contribution in [2.75, 3.05) is 46.8 Å². The molecule has 0 aliphatic carbocycles. The highest BCUT2D eigenvalue weighted by Crippen LogP contribution is 2.27. The number of amides is 2. The molecule has 33 heavy (non-hydrogen) atoms. The molecule has 2 aromatic rings. The number of likely N-dealkylation sites (tertiary alicyclic amines) is 1. The summed E-state index contributed by atoms with van der Waals surface area (Å²) < 4.78 is 17.0. The van der Waals surface area contributed by atoms with Gasteiger partial charge in [0, 0.05) is 37.9 Å². The van der Waals surface area contributed by atoms with Crippen LogP contribution in [0.4, 0.5) is 5.82 Å². The van der Waals surface area contributed by atoms with Gasteiger partial charge in [0.05, 0.1) is 26.9 Å². The molecule has 1 aromatic carbocycles. The van der Waals surface area contributed by atoms with Crippen LogP contribution in [0.25, 0.3) is 0 Å². The van der Waals surface area contributed by atoms with Crippen molar-refractivity contribution in [3.8, 4) is 23.3 Å². The van der Waals surface area contributed by atoms with Crippen LogP contribution in [0.5, 0.6) is 11.5 Å². The summed E-state index contributed by atoms with van der Waals surface area (Å²) >= 11 is 0. The number of nitrogens with two attached hydrogens (primary N) is 2. The van der Waals surface area contributed by atoms with Crippen LogP contribution in [0.1, 0.15) is 34.1 Å². The molecule has 174 valence electrons. The van der Waals surface area contributed by atoms with Crippen molar-refractivity contribution in [1.29, 1.82) is 0 Å². The molecule has 2 amide bonds. The van der Waals surface area contributed by atoms with Crippen molar-refractivity contribution in [2.24, 2.45) is 5.73 Å². The first-order valence-corrected chi connectivity index (χ1v) is 10.2. The lowest BCUT2D eigenvalue weighted by Crippen LogP contribution is -2.28. The van der Waals surface area contributed by atoms with Crippen molar-refractivity contribution in [3.63, 3.8) is 0 Å². The lowest BCUT2D eigenvalue weighted by atomic mass is 10.1. The summed E-state index contributed by atoms with van der Waals surface area (Å²) in [5, 5.41) is 4.46. The molecule has 3 rings (SSSR count). The minimum atomic E-state index is -0.722. The number of rotatable bonds is 7. The van der Waals surface area contributed by atoms with E-state index in [0.717, 1.165) is 0 Å². The van der Waals surface area contributed by atoms with Crippen LogP contribution in [0.15, 0.2) is 30.4 Å². The number of hydrogen-bond acceptors (Lipinski definition) is 7. The van der Waals surface area contributed by atoms with Crippen LogP contribution >= 0.6 is 0 Å². The lowest BCUT2D eigenvalue weighted by Gasteiger charge is -2.15. The van der Waals surface area contributed by atoms with Gasteiger partial charge in [-0.2, -0.15) is 5.10 Å². The smallest absolute Gasteiger partial charge is 0.255 e. The normalized spacial score (nSPS) is 15.4. The van der Waals surface area contributed by atoms with Gasteiger partial charge in [-0.25, -0.2) is 4.68 Å². The van der Waals surface area contributed by atoms with Crippen molar-refractivity contribution < 1.29 is 23.8 Å². The second-order valence-corrected chi connectivity index (χ2v) is 7.35. The topological polar surface area (TPSA) is 135 Å². The number of nitrogens with zero attached hydrogens (tertiary/aromatic N) is 3. The monoisotopic (exact) mass is 453 g/mol. The van der Waals surface area contributed by atoms with E-state index in [-0.39, 0.29) is 29.0 Å². The predicted octanol–water partition coefficient (Wildman–Crippen LogP) is 0.957. The molecular formula is C23H27N5O5. The molecular weight excluding hydrogens is 426 g/mol. The van der Waals surface area contributed by atoms with Crippen LogP contribution < -0.4 is 20.9 Å². The lowest BCUT2D eigenvalue weighted by molar-refractivity contribution is -0.125. The zero-order valence-electron chi connectivity index (χ0n) is 18.8. The maximum absolute atomic E-state index is 12.3. The third kappa shape index (κ3) is 5.45. The highest BCUT2D eigenvalue weighted by atomic mass is 16.5. The van der Waals surface area contributed by atoms with Gasteiger partial charge in [-0.15, -0.1) is 0 Å². The van der Waals surface area contributed by atoms with Crippen LogP contribution in [0.3, 0.4) is 0 Å². The SMILES string of the molecule is COCC=CC(=O)N1CCC(n2nc(C#Cc3cc(OC)cc(OC)c3)c(C(N)=O)c2N)C1. The second kappa shape index (κ2) is 10.6. The Kier molecular flexibility index (Phi) is 7.58. The Bertz CT molecular complexity index is 1110. The van der Waals surface area contributed by atoms with Gasteiger partial charge in [-0.3, -0.25) is 9.59 Å². The van der Waals surface area contributed by atoms with E-state index in [9.17, 15) is 9.59 Å². The number of carbonyl (C=O) groups is 2. The van der Waals surface area contributed by atoms with E-state index in [4.69, 9.17) is 25.7 Å². The molecule has 0 saturated carbocycles. The van der Waals surface area contributed by atoms with E-state index < -0.39 is 5.91 Å². The number of nitrogen functional groups attached to an aromatic ring is 1. The Morgan fingerprint density at radius 2 is 1.88 bits per heavy atom. The van der Waals surface area contributed by atoms with Crippen molar-refractivity contribution >= 4 is 17.6 Å². The Morgan fingerprint density at radius 3 is 2.48 bits per heavy atom. The molecule has 10 heteroatoms. The predicted molar refractivity (Wildman–Crippen MR) is 122 cm³/mol. The molecule has 4 N–H and O–H groups in total. The third-order valence-electron chi connectivity index (χ3n) is 5.21. The van der Waals surface area contributed by atoms with Gasteiger partial charge in [0.15, 0.2) is 5.69 Å². The molecule has 0 spiro atoms. The number of hydrogen-bond donors (Lipinski definition) is 2. The average molecular weight is 453 g/mol. The number of anilines is 1. The third-order valence-corrected chi connectivity index (χ3v) is 5.21. The van der Waals surface area contributed by atoms with Crippen LogP contribution in [0, 0.1) is 11.8 Å². The van der Waals surface area contributed by atoms with Crippen LogP contribution in [-0.2, 0) is 9.53 Å². The van der Waals surface area contributed by atoms with Gasteiger partial charge in [-0.05, 0) is 24.5 Å². The molecule has 0 bridgehead atoms. The molecule has 1 aromatic heterocycles. The quantitative estimate of drug-likeness (QED) is 0.471. The van der Waals surface area contributed by atoms with E-state index in [2.05, 4.69) is 16.9 Å². The molecule has 2 heterocycles. The van der Waals surface area contributed by atoms with Crippen LogP contribution in [0.2, 0.25) is 0 Å². The van der Waals surface area contributed by atoms with E-state index >= 15 is 0 Å². The van der Waals surface area contributed by atoms with Gasteiger partial charge < -0.3 is 30.6 Å². The Labute approximate surface area is 192 Å². The molecule has 1 atom stereocenters. The first-order valence-electron chi connectivity index (χ1n) is 10.2. The summed E-state index contributed by atoms with van der Waals surface area (Å²) in [6.07, 6.45) is 3.77. The fourth-order valence-corrected chi connectivity index (χ4v) is 3.56. The van der Waals surface area contributed by atoms with Gasteiger partial charge >= 0.3 is 0 Å². The number of aromatic nitrogens is 2. The van der Waals surface area contributed by atoms with E-state index in [1.807, 2.05) is 0 Å². The number of methoxy groups -OCH3 is 3. The molecule has 1 aliphatic rings. The number of carbonyl (C=O) groups excluding carboxylic acids is 2. The van der Waals surface area contributed by atoms with Gasteiger partial charge in [0.1, 0.15) is 22.9 Å². The minimum Gasteiger partial charge on any atom is -0.497 e. The van der Waals surface area contributed by atoms with Crippen molar-refractivity contribution in [3.05, 3.63) is 47.2 Å². The fraction of sp³-hybridized carbons (Fsp3) is 0.348. The molecule has 10 nitrogen and oxygen atoms in total. The molecule has 1 fully saturated rings. The molecule has 1 saturated heterocycles. The summed E-state index contributed by atoms with van der Waals surface area (Å²) in [7, 11) is 4.65. The summed E-state index contributed by atoms with van der Waals surface area (Å²) in [4.78, 5) is 26.1. The largest absolute Gasteiger partial charge is 0.497 e. The molecule has 1 unspecified atom stereocenters. The average Bonchev–Trinajstić information content (AvgIpc) is 3.42. The summed E-state index contributed by atoms with van der Waals surface area (Å²) in [6.45, 7) is 1.30. The first-order chi connectivity index (χ1) is 15.9. The standard InChI is InChI=1S/C23H27N5O5/c1-31-10-4-5-20(29)27-9-8-16(14-27)28-22(24)21(23(25)30)19(26-28)7-6-15-11-17(32-2)13-18(12-15)33-3/h4-5,11-13,16H,8-10,14,24H2,1-3H3,(H2,25,30). The number of benzene rings is 1. The van der Waals surface area contributed by atoms with E-state index in [0.29, 0.717) is 43.2 Å². The summed E-state index contributed by atoms with van der Waals surface area (Å²) in [5.74, 6) is 6.28. The van der Waals surface area contributed by atoms with Crippen molar-refractivity contribution in [2.45, 2.75) is 12.5 Å². The first kappa shape index (κ1) is 23.7. The molecule has 1 aliphatic heterocycles. The van der Waals surface area contributed by atoms with Gasteiger partial charge in [0.2, 0.25) is 5.91 Å². The highest BCUT2D eigenvalue weighted by molar-refractivity contribution is 5.99. The van der Waals surface area contributed by atoms with E-state index in [1.165, 1.54) is 10.8 Å². The Hall–Kier alpha value is -3.97. The summed E-state index contributed by atoms with van der Waals surface area (Å²) in [6, 6.07) is 4.99. The molecule has 0 radical (unpaired) electrons. The number of primary amides is 1. The van der Waals surface area contributed by atoms with Crippen molar-refractivity contribution in [1.82, 2.24) is 14.7 Å². The zero-order chi connectivity index (χ0) is 24.0. The zero-order valence-corrected chi connectivity index (χ0v) is 18.8. The maximum atomic E-state index is 12.3. The number of ether oxygens (including phenoxy) is 3. The summed E-state index contributed by atoms with van der Waals surface area (Å²) in [5.41, 5.74) is 12.6. The second-order valence-electron chi connectivity index (χ2n) is 7.35. The Morgan fingerprint density at radius 1 is 1.18 bits per heavy atom. The Balaban J connectivity index is 1.88. The van der Waals surface area contributed by atoms with Gasteiger partial charge in [0.25, 0.3) is 5.91 Å². The fourth-order valence-electron chi connectivity index (χ4n) is 3.56.